The maximum atomic E-state index is 13.4. The molecule has 0 heterocycles. The number of rotatable bonds is 7. The predicted octanol–water partition coefficient (Wildman–Crippen LogP) is 7.59. The molecule has 5 atom stereocenters. The van der Waals surface area contributed by atoms with Crippen LogP contribution < -0.4 is 0 Å². The third kappa shape index (κ3) is 4.54. The lowest BCUT2D eigenvalue weighted by molar-refractivity contribution is 0.211. The van der Waals surface area contributed by atoms with E-state index in [9.17, 15) is 4.39 Å². The number of halogens is 1. The van der Waals surface area contributed by atoms with E-state index in [1.54, 1.807) is 11.6 Å². The van der Waals surface area contributed by atoms with Crippen LogP contribution in [0.15, 0.2) is 46.6 Å². The Morgan fingerprint density at radius 3 is 2.36 bits per heavy atom. The predicted molar refractivity (Wildman–Crippen MR) is 108 cm³/mol. The van der Waals surface area contributed by atoms with Crippen molar-refractivity contribution in [2.45, 2.75) is 79.8 Å². The fraction of sp³-hybridized carbons (Fsp3) is 0.667. The largest absolute Gasteiger partial charge is 0.243 e. The molecule has 0 aromatic heterocycles. The second-order valence-electron chi connectivity index (χ2n) is 8.20. The molecule has 0 aromatic carbocycles. The fourth-order valence-corrected chi connectivity index (χ4v) is 4.67. The van der Waals surface area contributed by atoms with Crippen molar-refractivity contribution in [1.82, 2.24) is 0 Å². The highest BCUT2D eigenvalue weighted by Crippen LogP contribution is 2.42. The Hall–Kier alpha value is -1.11. The maximum absolute atomic E-state index is 13.4. The number of alkyl halides is 1. The highest BCUT2D eigenvalue weighted by atomic mass is 19.1. The van der Waals surface area contributed by atoms with Crippen molar-refractivity contribution in [1.29, 1.82) is 0 Å². The summed E-state index contributed by atoms with van der Waals surface area (Å²) in [6, 6.07) is 0. The van der Waals surface area contributed by atoms with Gasteiger partial charge >= 0.3 is 0 Å². The van der Waals surface area contributed by atoms with E-state index in [1.165, 1.54) is 36.0 Å². The standard InChI is InChI=1S/C24H37F/c1-7-16(3)17(4)18(5)22(8-2)24-11-9-10-23(19(24)6)20-12-14-21(25)15-13-20/h10,12-14,16-18,21-22H,7-9,11,15H2,1-6H3/t16-,17+,18?,21?,22?/m1/s1. The smallest absolute Gasteiger partial charge is 0.122 e. The third-order valence-corrected chi connectivity index (χ3v) is 6.90. The van der Waals surface area contributed by atoms with E-state index >= 15 is 0 Å². The van der Waals surface area contributed by atoms with Crippen molar-refractivity contribution in [3.8, 4) is 0 Å². The molecule has 0 radical (unpaired) electrons. The highest BCUT2D eigenvalue weighted by Gasteiger charge is 2.29. The lowest BCUT2D eigenvalue weighted by Gasteiger charge is -2.36. The summed E-state index contributed by atoms with van der Waals surface area (Å²) in [4.78, 5) is 0. The Morgan fingerprint density at radius 2 is 1.80 bits per heavy atom. The first-order valence-corrected chi connectivity index (χ1v) is 10.3. The van der Waals surface area contributed by atoms with Gasteiger partial charge in [-0.25, -0.2) is 4.39 Å². The van der Waals surface area contributed by atoms with Crippen LogP contribution >= 0.6 is 0 Å². The minimum atomic E-state index is -0.809. The summed E-state index contributed by atoms with van der Waals surface area (Å²) in [6.45, 7) is 14.2. The second kappa shape index (κ2) is 9.01. The van der Waals surface area contributed by atoms with Crippen LogP contribution in [0.4, 0.5) is 4.39 Å². The molecular weight excluding hydrogens is 307 g/mol. The van der Waals surface area contributed by atoms with Crippen molar-refractivity contribution in [3.63, 3.8) is 0 Å². The summed E-state index contributed by atoms with van der Waals surface area (Å²) in [7, 11) is 0. The molecule has 0 nitrogen and oxygen atoms in total. The minimum Gasteiger partial charge on any atom is -0.243 e. The summed E-state index contributed by atoms with van der Waals surface area (Å²) in [5.41, 5.74) is 5.68. The van der Waals surface area contributed by atoms with Crippen molar-refractivity contribution < 1.29 is 4.39 Å². The summed E-state index contributed by atoms with van der Waals surface area (Å²) in [5, 5.41) is 0. The first kappa shape index (κ1) is 20.2. The van der Waals surface area contributed by atoms with Gasteiger partial charge in [-0.05, 0) is 72.7 Å². The van der Waals surface area contributed by atoms with E-state index in [4.69, 9.17) is 0 Å². The van der Waals surface area contributed by atoms with Gasteiger partial charge in [0.1, 0.15) is 6.17 Å². The van der Waals surface area contributed by atoms with Crippen LogP contribution in [0, 0.1) is 23.7 Å². The molecule has 3 unspecified atom stereocenters. The molecule has 2 aliphatic rings. The van der Waals surface area contributed by atoms with E-state index in [1.807, 2.05) is 6.08 Å². The molecule has 0 amide bonds. The molecule has 0 saturated carbocycles. The lowest BCUT2D eigenvalue weighted by Crippen LogP contribution is -2.26. The third-order valence-electron chi connectivity index (χ3n) is 6.90. The summed E-state index contributed by atoms with van der Waals surface area (Å²) in [5.74, 6) is 2.88. The lowest BCUT2D eigenvalue weighted by atomic mass is 9.69. The van der Waals surface area contributed by atoms with E-state index < -0.39 is 6.17 Å². The molecule has 0 aromatic rings. The summed E-state index contributed by atoms with van der Waals surface area (Å²) < 4.78 is 13.4. The number of hydrogen-bond donors (Lipinski definition) is 0. The quantitative estimate of drug-likeness (QED) is 0.446. The Balaban J connectivity index is 2.27. The van der Waals surface area contributed by atoms with E-state index in [-0.39, 0.29) is 0 Å². The molecule has 0 N–H and O–H groups in total. The van der Waals surface area contributed by atoms with Crippen LogP contribution in [-0.4, -0.2) is 6.17 Å². The molecule has 25 heavy (non-hydrogen) atoms. The monoisotopic (exact) mass is 344 g/mol. The molecule has 0 spiro atoms. The van der Waals surface area contributed by atoms with E-state index in [0.29, 0.717) is 18.3 Å². The van der Waals surface area contributed by atoms with Crippen LogP contribution in [0.2, 0.25) is 0 Å². The maximum Gasteiger partial charge on any atom is 0.122 e. The Labute approximate surface area is 155 Å². The Morgan fingerprint density at radius 1 is 1.08 bits per heavy atom. The number of hydrogen-bond acceptors (Lipinski definition) is 0. The molecule has 1 heteroatoms. The van der Waals surface area contributed by atoms with Gasteiger partial charge < -0.3 is 0 Å². The van der Waals surface area contributed by atoms with Crippen LogP contribution in [0.3, 0.4) is 0 Å². The average Bonchev–Trinajstić information content (AvgIpc) is 2.63. The van der Waals surface area contributed by atoms with Crippen LogP contribution in [0.1, 0.15) is 73.6 Å². The number of allylic oxidation sites excluding steroid dienone is 8. The van der Waals surface area contributed by atoms with Gasteiger partial charge in [0.15, 0.2) is 0 Å². The molecule has 0 aliphatic heterocycles. The van der Waals surface area contributed by atoms with Gasteiger partial charge in [0.2, 0.25) is 0 Å². The van der Waals surface area contributed by atoms with Gasteiger partial charge in [-0.1, -0.05) is 64.8 Å². The molecule has 2 aliphatic carbocycles. The topological polar surface area (TPSA) is 0 Å². The fourth-order valence-electron chi connectivity index (χ4n) is 4.67. The van der Waals surface area contributed by atoms with Crippen molar-refractivity contribution in [3.05, 3.63) is 46.6 Å². The van der Waals surface area contributed by atoms with Gasteiger partial charge in [-0.2, -0.15) is 0 Å². The molecule has 140 valence electrons. The Bertz CT molecular complexity index is 575. The molecule has 0 fully saturated rings. The van der Waals surface area contributed by atoms with Crippen molar-refractivity contribution >= 4 is 0 Å². The second-order valence-corrected chi connectivity index (χ2v) is 8.20. The molecule has 0 bridgehead atoms. The van der Waals surface area contributed by atoms with Crippen LogP contribution in [0.5, 0.6) is 0 Å². The molecular formula is C24H37F. The molecule has 2 rings (SSSR count). The zero-order valence-electron chi connectivity index (χ0n) is 17.1. The highest BCUT2D eigenvalue weighted by molar-refractivity contribution is 5.55. The van der Waals surface area contributed by atoms with Crippen LogP contribution in [-0.2, 0) is 0 Å². The van der Waals surface area contributed by atoms with Gasteiger partial charge in [-0.15, -0.1) is 0 Å². The van der Waals surface area contributed by atoms with Gasteiger partial charge in [-0.3, -0.25) is 0 Å². The normalized spacial score (nSPS) is 26.0. The first-order chi connectivity index (χ1) is 11.9. The van der Waals surface area contributed by atoms with Gasteiger partial charge in [0.25, 0.3) is 0 Å². The zero-order chi connectivity index (χ0) is 18.6. The van der Waals surface area contributed by atoms with Crippen LogP contribution in [0.25, 0.3) is 0 Å². The zero-order valence-corrected chi connectivity index (χ0v) is 17.1. The van der Waals surface area contributed by atoms with Gasteiger partial charge in [0.05, 0.1) is 0 Å². The average molecular weight is 345 g/mol. The SMILES string of the molecule is CCC(C1=C(C)C(C2=CCC(F)C=C2)=CCC1)C(C)[C@@H](C)[C@H](C)CC. The van der Waals surface area contributed by atoms with E-state index in [0.717, 1.165) is 18.3 Å². The van der Waals surface area contributed by atoms with Crippen molar-refractivity contribution in [2.24, 2.45) is 23.7 Å². The molecule has 0 saturated heterocycles. The summed E-state index contributed by atoms with van der Waals surface area (Å²) in [6.07, 6.45) is 12.6. The summed E-state index contributed by atoms with van der Waals surface area (Å²) >= 11 is 0. The Kier molecular flexibility index (Phi) is 7.28. The van der Waals surface area contributed by atoms with Gasteiger partial charge in [0, 0.05) is 6.42 Å². The minimum absolute atomic E-state index is 0.518. The van der Waals surface area contributed by atoms with E-state index in [2.05, 4.69) is 53.7 Å². The van der Waals surface area contributed by atoms with Crippen molar-refractivity contribution in [2.75, 3.05) is 0 Å². The first-order valence-electron chi connectivity index (χ1n) is 10.3.